The van der Waals surface area contributed by atoms with E-state index < -0.39 is 7.92 Å². The number of hydrogen-bond acceptors (Lipinski definition) is 1. The third kappa shape index (κ3) is 3.02. The largest absolute Gasteiger partial charge is 0.295 e. The van der Waals surface area contributed by atoms with Gasteiger partial charge in [-0.1, -0.05) is 78.9 Å². The van der Waals surface area contributed by atoms with Crippen LogP contribution in [-0.4, -0.2) is 9.78 Å². The van der Waals surface area contributed by atoms with Gasteiger partial charge in [0.05, 0.1) is 11.0 Å². The average Bonchev–Trinajstić information content (AvgIpc) is 2.99. The summed E-state index contributed by atoms with van der Waals surface area (Å²) in [7, 11) is -0.922. The van der Waals surface area contributed by atoms with Crippen LogP contribution in [0, 0.1) is 6.92 Å². The number of nitrogens with zero attached hydrogens (tertiary/aromatic N) is 1. The van der Waals surface area contributed by atoms with Gasteiger partial charge in [0, 0.05) is 5.69 Å². The predicted octanol–water partition coefficient (Wildman–Crippen LogP) is 3.23. The van der Waals surface area contributed by atoms with Crippen molar-refractivity contribution in [3.63, 3.8) is 0 Å². The van der Waals surface area contributed by atoms with Crippen LogP contribution in [0.5, 0.6) is 0 Å². The second-order valence-corrected chi connectivity index (χ2v) is 8.22. The van der Waals surface area contributed by atoms with Gasteiger partial charge in [0.15, 0.2) is 0 Å². The van der Waals surface area contributed by atoms with Crippen molar-refractivity contribution in [2.45, 2.75) is 6.92 Å². The summed E-state index contributed by atoms with van der Waals surface area (Å²) < 4.78 is 1.64. The average molecular weight is 358 g/mol. The summed E-state index contributed by atoms with van der Waals surface area (Å²) >= 11 is 0. The number of aromatic amines is 1. The normalized spacial score (nSPS) is 11.0. The molecule has 0 fully saturated rings. The second-order valence-electron chi connectivity index (χ2n) is 6.07. The molecule has 0 bridgehead atoms. The quantitative estimate of drug-likeness (QED) is 0.559. The lowest BCUT2D eigenvalue weighted by molar-refractivity contribution is 0.835. The van der Waals surface area contributed by atoms with E-state index in [1.165, 1.54) is 10.6 Å². The number of aryl methyl sites for hydroxylation is 1. The number of H-pyrrole nitrogens is 1. The summed E-state index contributed by atoms with van der Waals surface area (Å²) in [6.45, 7) is 1.98. The Morgan fingerprint density at radius 2 is 1.19 bits per heavy atom. The van der Waals surface area contributed by atoms with Crippen LogP contribution in [0.2, 0.25) is 0 Å². The molecule has 3 nitrogen and oxygen atoms in total. The number of para-hydroxylation sites is 1. The van der Waals surface area contributed by atoms with E-state index in [0.717, 1.165) is 16.7 Å². The van der Waals surface area contributed by atoms with E-state index in [4.69, 9.17) is 0 Å². The van der Waals surface area contributed by atoms with Crippen molar-refractivity contribution in [2.24, 2.45) is 0 Å². The van der Waals surface area contributed by atoms with Crippen molar-refractivity contribution in [1.29, 1.82) is 0 Å². The standard InChI is InChI=1S/C22H19N2OP/c1-17-21(22(25)24(23-17)18-11-5-2-6-12-18)26(19-13-7-3-8-14-19)20-15-9-4-10-16-20/h2-16,23H,1H3. The van der Waals surface area contributed by atoms with Crippen molar-refractivity contribution in [2.75, 3.05) is 0 Å². The number of aromatic nitrogens is 2. The fraction of sp³-hybridized carbons (Fsp3) is 0.0455. The molecule has 0 amide bonds. The molecule has 0 spiro atoms. The Hall–Kier alpha value is -2.90. The van der Waals surface area contributed by atoms with E-state index >= 15 is 0 Å². The van der Waals surface area contributed by atoms with E-state index in [1.807, 2.05) is 73.7 Å². The zero-order chi connectivity index (χ0) is 17.9. The van der Waals surface area contributed by atoms with Crippen molar-refractivity contribution < 1.29 is 0 Å². The van der Waals surface area contributed by atoms with E-state index in [2.05, 4.69) is 29.4 Å². The molecule has 0 saturated heterocycles. The number of hydrogen-bond donors (Lipinski definition) is 1. The summed E-state index contributed by atoms with van der Waals surface area (Å²) in [6.07, 6.45) is 0. The first kappa shape index (κ1) is 16.6. The minimum atomic E-state index is -0.922. The Morgan fingerprint density at radius 1 is 0.731 bits per heavy atom. The Bertz CT molecular complexity index is 1010. The number of nitrogens with one attached hydrogen (secondary N) is 1. The molecule has 1 N–H and O–H groups in total. The molecule has 0 unspecified atom stereocenters. The van der Waals surface area contributed by atoms with Crippen molar-refractivity contribution in [3.8, 4) is 5.69 Å². The summed E-state index contributed by atoms with van der Waals surface area (Å²) in [5, 5.41) is 6.47. The topological polar surface area (TPSA) is 37.8 Å². The predicted molar refractivity (Wildman–Crippen MR) is 110 cm³/mol. The lowest BCUT2D eigenvalue weighted by Crippen LogP contribution is -2.33. The van der Waals surface area contributed by atoms with E-state index in [-0.39, 0.29) is 5.56 Å². The lowest BCUT2D eigenvalue weighted by Gasteiger charge is -2.17. The zero-order valence-corrected chi connectivity index (χ0v) is 15.4. The molecule has 0 aliphatic carbocycles. The van der Waals surface area contributed by atoms with E-state index in [9.17, 15) is 4.79 Å². The van der Waals surface area contributed by atoms with Crippen LogP contribution >= 0.6 is 7.92 Å². The van der Waals surface area contributed by atoms with Gasteiger partial charge in [-0.2, -0.15) is 0 Å². The molecule has 4 heteroatoms. The first-order chi connectivity index (χ1) is 12.8. The lowest BCUT2D eigenvalue weighted by atomic mass is 10.3. The summed E-state index contributed by atoms with van der Waals surface area (Å²) in [5.41, 5.74) is 1.79. The molecule has 0 saturated carbocycles. The van der Waals surface area contributed by atoms with Crippen LogP contribution in [-0.2, 0) is 0 Å². The maximum absolute atomic E-state index is 13.3. The highest BCUT2D eigenvalue weighted by Crippen LogP contribution is 2.32. The first-order valence-electron chi connectivity index (χ1n) is 8.53. The van der Waals surface area contributed by atoms with Crippen LogP contribution in [0.15, 0.2) is 95.8 Å². The maximum Gasteiger partial charge on any atom is 0.279 e. The fourth-order valence-corrected chi connectivity index (χ4v) is 5.55. The van der Waals surface area contributed by atoms with Gasteiger partial charge in [-0.05, 0) is 37.6 Å². The number of benzene rings is 3. The molecule has 4 aromatic rings. The fourth-order valence-electron chi connectivity index (χ4n) is 3.12. The maximum atomic E-state index is 13.3. The monoisotopic (exact) mass is 358 g/mol. The van der Waals surface area contributed by atoms with Gasteiger partial charge in [0.2, 0.25) is 0 Å². The van der Waals surface area contributed by atoms with Crippen LogP contribution in [0.3, 0.4) is 0 Å². The SMILES string of the molecule is Cc1[nH]n(-c2ccccc2)c(=O)c1P(c1ccccc1)c1ccccc1. The summed E-state index contributed by atoms with van der Waals surface area (Å²) in [5.74, 6) is 0. The Kier molecular flexibility index (Phi) is 4.55. The van der Waals surface area contributed by atoms with E-state index in [0.29, 0.717) is 0 Å². The van der Waals surface area contributed by atoms with Gasteiger partial charge < -0.3 is 0 Å². The minimum absolute atomic E-state index is 0.0208. The van der Waals surface area contributed by atoms with Gasteiger partial charge in [0.1, 0.15) is 0 Å². The summed E-state index contributed by atoms with van der Waals surface area (Å²) in [6, 6.07) is 30.3. The van der Waals surface area contributed by atoms with Crippen molar-refractivity contribution >= 4 is 23.8 Å². The van der Waals surface area contributed by atoms with Gasteiger partial charge in [-0.3, -0.25) is 9.89 Å². The molecule has 0 radical (unpaired) electrons. The van der Waals surface area contributed by atoms with Gasteiger partial charge in [-0.25, -0.2) is 4.68 Å². The van der Waals surface area contributed by atoms with Gasteiger partial charge >= 0.3 is 0 Å². The highest BCUT2D eigenvalue weighted by molar-refractivity contribution is 7.79. The molecule has 1 aromatic heterocycles. The molecule has 1 heterocycles. The molecule has 128 valence electrons. The second kappa shape index (κ2) is 7.15. The molecular weight excluding hydrogens is 339 g/mol. The van der Waals surface area contributed by atoms with Crippen LogP contribution < -0.4 is 21.5 Å². The molecule has 0 atom stereocenters. The number of rotatable bonds is 4. The van der Waals surface area contributed by atoms with Crippen LogP contribution in [0.1, 0.15) is 5.69 Å². The van der Waals surface area contributed by atoms with Crippen LogP contribution in [0.25, 0.3) is 5.69 Å². The third-order valence-electron chi connectivity index (χ3n) is 4.31. The smallest absolute Gasteiger partial charge is 0.279 e. The highest BCUT2D eigenvalue weighted by atomic mass is 31.1. The van der Waals surface area contributed by atoms with Crippen LogP contribution in [0.4, 0.5) is 0 Å². The van der Waals surface area contributed by atoms with Crippen molar-refractivity contribution in [1.82, 2.24) is 9.78 Å². The molecule has 0 aliphatic heterocycles. The molecule has 4 rings (SSSR count). The molecule has 3 aromatic carbocycles. The Morgan fingerprint density at radius 3 is 1.69 bits per heavy atom. The minimum Gasteiger partial charge on any atom is -0.295 e. The Labute approximate surface area is 153 Å². The molecular formula is C22H19N2OP. The van der Waals surface area contributed by atoms with Gasteiger partial charge in [-0.15, -0.1) is 0 Å². The van der Waals surface area contributed by atoms with Gasteiger partial charge in [0.25, 0.3) is 5.56 Å². The summed E-state index contributed by atoms with van der Waals surface area (Å²) in [4.78, 5) is 13.3. The Balaban J connectivity index is 1.93. The molecule has 0 aliphatic rings. The zero-order valence-electron chi connectivity index (χ0n) is 14.5. The van der Waals surface area contributed by atoms with E-state index in [1.54, 1.807) is 4.68 Å². The third-order valence-corrected chi connectivity index (χ3v) is 6.91. The molecule has 26 heavy (non-hydrogen) atoms. The highest BCUT2D eigenvalue weighted by Gasteiger charge is 2.24. The van der Waals surface area contributed by atoms with Crippen molar-refractivity contribution in [3.05, 3.63) is 107 Å². The first-order valence-corrected chi connectivity index (χ1v) is 9.87.